The minimum atomic E-state index is -3.00. The van der Waals surface area contributed by atoms with E-state index in [0.717, 1.165) is 38.5 Å². The van der Waals surface area contributed by atoms with Gasteiger partial charge in [0.1, 0.15) is 0 Å². The van der Waals surface area contributed by atoms with E-state index < -0.39 is 10.0 Å². The van der Waals surface area contributed by atoms with Gasteiger partial charge in [-0.25, -0.2) is 12.7 Å². The third-order valence-electron chi connectivity index (χ3n) is 3.89. The standard InChI is InChI=1S/C14H28N4O3S.HI/c1-15-14(16-6-2-10-21-12-13-4-5-13)17-7-9-18-8-3-11-22(18,19)20;/h13H,2-12H2,1H3,(H2,15,16,17);1H. The van der Waals surface area contributed by atoms with E-state index >= 15 is 0 Å². The number of ether oxygens (including phenoxy) is 1. The molecule has 2 N–H and O–H groups in total. The zero-order valence-electron chi connectivity index (χ0n) is 13.8. The fourth-order valence-corrected chi connectivity index (χ4v) is 3.91. The Morgan fingerprint density at radius 3 is 2.65 bits per heavy atom. The summed E-state index contributed by atoms with van der Waals surface area (Å²) >= 11 is 0. The van der Waals surface area contributed by atoms with Crippen LogP contribution in [0.3, 0.4) is 0 Å². The number of hydrogen-bond acceptors (Lipinski definition) is 4. The Bertz CT molecular complexity index is 469. The summed E-state index contributed by atoms with van der Waals surface area (Å²) in [5.41, 5.74) is 0. The number of aliphatic imine (C=N–C) groups is 1. The Morgan fingerprint density at radius 1 is 1.30 bits per heavy atom. The van der Waals surface area contributed by atoms with E-state index in [1.165, 1.54) is 12.8 Å². The first-order chi connectivity index (χ1) is 10.6. The predicted molar refractivity (Wildman–Crippen MR) is 103 cm³/mol. The van der Waals surface area contributed by atoms with E-state index in [1.54, 1.807) is 11.4 Å². The lowest BCUT2D eigenvalue weighted by atomic mass is 10.4. The van der Waals surface area contributed by atoms with Crippen molar-refractivity contribution in [2.75, 3.05) is 52.2 Å². The molecular formula is C14H29IN4O3S. The fourth-order valence-electron chi connectivity index (χ4n) is 2.38. The van der Waals surface area contributed by atoms with Gasteiger partial charge in [0.25, 0.3) is 0 Å². The minimum Gasteiger partial charge on any atom is -0.381 e. The topological polar surface area (TPSA) is 83.0 Å². The number of nitrogens with zero attached hydrogens (tertiary/aromatic N) is 2. The highest BCUT2D eigenvalue weighted by Crippen LogP contribution is 2.28. The summed E-state index contributed by atoms with van der Waals surface area (Å²) in [5, 5.41) is 6.36. The summed E-state index contributed by atoms with van der Waals surface area (Å²) in [5.74, 6) is 1.80. The van der Waals surface area contributed by atoms with E-state index in [4.69, 9.17) is 4.74 Å². The quantitative estimate of drug-likeness (QED) is 0.228. The van der Waals surface area contributed by atoms with Gasteiger partial charge in [0.15, 0.2) is 5.96 Å². The van der Waals surface area contributed by atoms with Crippen LogP contribution in [0, 0.1) is 5.92 Å². The summed E-state index contributed by atoms with van der Waals surface area (Å²) in [4.78, 5) is 4.13. The molecule has 1 saturated carbocycles. The zero-order valence-corrected chi connectivity index (χ0v) is 16.9. The van der Waals surface area contributed by atoms with E-state index in [-0.39, 0.29) is 29.7 Å². The lowest BCUT2D eigenvalue weighted by Crippen LogP contribution is -2.42. The van der Waals surface area contributed by atoms with E-state index in [2.05, 4.69) is 15.6 Å². The van der Waals surface area contributed by atoms with E-state index in [1.807, 2.05) is 0 Å². The maximum Gasteiger partial charge on any atom is 0.214 e. The molecule has 0 bridgehead atoms. The highest BCUT2D eigenvalue weighted by Gasteiger charge is 2.27. The molecule has 1 aliphatic carbocycles. The lowest BCUT2D eigenvalue weighted by Gasteiger charge is -2.16. The van der Waals surface area contributed by atoms with Gasteiger partial charge in [-0.15, -0.1) is 24.0 Å². The van der Waals surface area contributed by atoms with Crippen molar-refractivity contribution in [3.8, 4) is 0 Å². The van der Waals surface area contributed by atoms with Gasteiger partial charge in [-0.05, 0) is 31.6 Å². The van der Waals surface area contributed by atoms with Crippen LogP contribution in [0.15, 0.2) is 4.99 Å². The maximum absolute atomic E-state index is 11.7. The summed E-state index contributed by atoms with van der Waals surface area (Å²) in [6.07, 6.45) is 4.31. The van der Waals surface area contributed by atoms with Gasteiger partial charge >= 0.3 is 0 Å². The second kappa shape index (κ2) is 10.7. The average Bonchev–Trinajstić information content (AvgIpc) is 3.25. The molecular weight excluding hydrogens is 431 g/mol. The average molecular weight is 460 g/mol. The number of guanidine groups is 1. The van der Waals surface area contributed by atoms with E-state index in [9.17, 15) is 8.42 Å². The number of sulfonamides is 1. The monoisotopic (exact) mass is 460 g/mol. The van der Waals surface area contributed by atoms with Crippen molar-refractivity contribution >= 4 is 40.0 Å². The molecule has 0 atom stereocenters. The van der Waals surface area contributed by atoms with Crippen LogP contribution in [0.1, 0.15) is 25.7 Å². The molecule has 0 aromatic rings. The second-order valence-electron chi connectivity index (χ2n) is 5.87. The van der Waals surface area contributed by atoms with Crippen molar-refractivity contribution in [1.82, 2.24) is 14.9 Å². The van der Waals surface area contributed by atoms with Gasteiger partial charge < -0.3 is 15.4 Å². The van der Waals surface area contributed by atoms with Gasteiger partial charge in [-0.3, -0.25) is 4.99 Å². The van der Waals surface area contributed by atoms with Crippen LogP contribution < -0.4 is 10.6 Å². The molecule has 136 valence electrons. The highest BCUT2D eigenvalue weighted by molar-refractivity contribution is 14.0. The molecule has 1 heterocycles. The third kappa shape index (κ3) is 7.99. The van der Waals surface area contributed by atoms with Crippen molar-refractivity contribution in [3.63, 3.8) is 0 Å². The number of halogens is 1. The number of rotatable bonds is 9. The molecule has 2 rings (SSSR count). The smallest absolute Gasteiger partial charge is 0.214 e. The summed E-state index contributed by atoms with van der Waals surface area (Å²) in [6, 6.07) is 0. The largest absolute Gasteiger partial charge is 0.381 e. The molecule has 0 unspecified atom stereocenters. The Balaban J connectivity index is 0.00000264. The van der Waals surface area contributed by atoms with Crippen molar-refractivity contribution in [1.29, 1.82) is 0 Å². The first kappa shape index (κ1) is 20.9. The number of hydrogen-bond donors (Lipinski definition) is 2. The molecule has 2 fully saturated rings. The molecule has 0 aromatic carbocycles. The fraction of sp³-hybridized carbons (Fsp3) is 0.929. The lowest BCUT2D eigenvalue weighted by molar-refractivity contribution is 0.123. The number of nitrogens with one attached hydrogen (secondary N) is 2. The SMILES string of the molecule is CN=C(NCCCOCC1CC1)NCCN1CCCS1(=O)=O.I. The molecule has 0 aromatic heterocycles. The van der Waals surface area contributed by atoms with Crippen LogP contribution >= 0.6 is 24.0 Å². The maximum atomic E-state index is 11.7. The second-order valence-corrected chi connectivity index (χ2v) is 7.95. The Hall–Kier alpha value is -0.130. The van der Waals surface area contributed by atoms with Crippen LogP contribution in [0.25, 0.3) is 0 Å². The van der Waals surface area contributed by atoms with Crippen LogP contribution in [0.5, 0.6) is 0 Å². The summed E-state index contributed by atoms with van der Waals surface area (Å²) < 4.78 is 30.5. The summed E-state index contributed by atoms with van der Waals surface area (Å²) in [7, 11) is -1.29. The predicted octanol–water partition coefficient (Wildman–Crippen LogP) is 0.622. The minimum absolute atomic E-state index is 0. The Morgan fingerprint density at radius 2 is 2.04 bits per heavy atom. The molecule has 23 heavy (non-hydrogen) atoms. The van der Waals surface area contributed by atoms with Crippen LogP contribution in [0.4, 0.5) is 0 Å². The van der Waals surface area contributed by atoms with Gasteiger partial charge in [-0.2, -0.15) is 0 Å². The Kier molecular flexibility index (Phi) is 9.71. The third-order valence-corrected chi connectivity index (χ3v) is 5.85. The van der Waals surface area contributed by atoms with E-state index in [0.29, 0.717) is 25.6 Å². The van der Waals surface area contributed by atoms with Gasteiger partial charge in [0.2, 0.25) is 10.0 Å². The molecule has 9 heteroatoms. The molecule has 1 saturated heterocycles. The summed E-state index contributed by atoms with van der Waals surface area (Å²) in [6.45, 7) is 4.16. The van der Waals surface area contributed by atoms with Gasteiger partial charge in [0, 0.05) is 46.4 Å². The first-order valence-corrected chi connectivity index (χ1v) is 9.73. The molecule has 0 amide bonds. The normalized spacial score (nSPS) is 21.0. The molecule has 7 nitrogen and oxygen atoms in total. The molecule has 1 aliphatic heterocycles. The van der Waals surface area contributed by atoms with Gasteiger partial charge in [-0.1, -0.05) is 0 Å². The van der Waals surface area contributed by atoms with Crippen molar-refractivity contribution in [2.24, 2.45) is 10.9 Å². The molecule has 0 spiro atoms. The first-order valence-electron chi connectivity index (χ1n) is 8.12. The van der Waals surface area contributed by atoms with Crippen LogP contribution in [0.2, 0.25) is 0 Å². The van der Waals surface area contributed by atoms with Crippen LogP contribution in [-0.2, 0) is 14.8 Å². The van der Waals surface area contributed by atoms with Crippen LogP contribution in [-0.4, -0.2) is 70.9 Å². The van der Waals surface area contributed by atoms with Crippen molar-refractivity contribution < 1.29 is 13.2 Å². The highest BCUT2D eigenvalue weighted by atomic mass is 127. The van der Waals surface area contributed by atoms with Crippen molar-refractivity contribution in [3.05, 3.63) is 0 Å². The van der Waals surface area contributed by atoms with Gasteiger partial charge in [0.05, 0.1) is 5.75 Å². The van der Waals surface area contributed by atoms with Crippen molar-refractivity contribution in [2.45, 2.75) is 25.7 Å². The Labute approximate surface area is 156 Å². The molecule has 2 aliphatic rings. The molecule has 0 radical (unpaired) electrons. The zero-order chi connectivity index (χ0) is 15.8.